The highest BCUT2D eigenvalue weighted by molar-refractivity contribution is 5.66. The number of allylic oxidation sites excluding steroid dienone is 2. The summed E-state index contributed by atoms with van der Waals surface area (Å²) in [7, 11) is 0. The summed E-state index contributed by atoms with van der Waals surface area (Å²) in [6, 6.07) is 4.21. The van der Waals surface area contributed by atoms with Gasteiger partial charge in [0, 0.05) is 12.4 Å². The first kappa shape index (κ1) is 9.45. The molecular weight excluding hydrogens is 170 g/mol. The van der Waals surface area contributed by atoms with E-state index in [-0.39, 0.29) is 0 Å². The molecule has 0 amide bonds. The van der Waals surface area contributed by atoms with Crippen LogP contribution in [0.25, 0.3) is 5.57 Å². The molecule has 1 aromatic heterocycles. The smallest absolute Gasteiger partial charge is 0.0273 e. The molecule has 0 spiro atoms. The van der Waals surface area contributed by atoms with Gasteiger partial charge in [-0.25, -0.2) is 0 Å². The lowest BCUT2D eigenvalue weighted by molar-refractivity contribution is 0.338. The standard InChI is InChI=1S/C13H17N/c1-13(2)7-3-4-12(10-13)11-5-8-14-9-6-11/h4-6,8-9H,3,7,10H2,1-2H3. The highest BCUT2D eigenvalue weighted by atomic mass is 14.6. The fraction of sp³-hybridized carbons (Fsp3) is 0.462. The van der Waals surface area contributed by atoms with Gasteiger partial charge in [-0.3, -0.25) is 4.98 Å². The molecule has 1 nitrogen and oxygen atoms in total. The maximum Gasteiger partial charge on any atom is 0.0273 e. The van der Waals surface area contributed by atoms with Gasteiger partial charge in [0.15, 0.2) is 0 Å². The first-order valence-electron chi connectivity index (χ1n) is 5.27. The molecule has 0 aromatic carbocycles. The Balaban J connectivity index is 2.24. The number of pyridine rings is 1. The lowest BCUT2D eigenvalue weighted by atomic mass is 9.76. The third kappa shape index (κ3) is 2.03. The highest BCUT2D eigenvalue weighted by Crippen LogP contribution is 2.38. The minimum atomic E-state index is 0.466. The predicted molar refractivity (Wildman–Crippen MR) is 59.8 cm³/mol. The van der Waals surface area contributed by atoms with Crippen LogP contribution in [0.2, 0.25) is 0 Å². The summed E-state index contributed by atoms with van der Waals surface area (Å²) in [6.45, 7) is 4.70. The Morgan fingerprint density at radius 1 is 1.21 bits per heavy atom. The van der Waals surface area contributed by atoms with E-state index in [4.69, 9.17) is 0 Å². The van der Waals surface area contributed by atoms with Gasteiger partial charge in [-0.15, -0.1) is 0 Å². The van der Waals surface area contributed by atoms with Crippen LogP contribution in [0, 0.1) is 5.41 Å². The average Bonchev–Trinajstić information content (AvgIpc) is 2.18. The topological polar surface area (TPSA) is 12.9 Å². The average molecular weight is 187 g/mol. The molecule has 0 saturated heterocycles. The molecule has 0 bridgehead atoms. The van der Waals surface area contributed by atoms with E-state index in [0.29, 0.717) is 5.41 Å². The van der Waals surface area contributed by atoms with Crippen molar-refractivity contribution in [2.45, 2.75) is 33.1 Å². The van der Waals surface area contributed by atoms with Gasteiger partial charge in [-0.05, 0) is 47.9 Å². The third-order valence-corrected chi connectivity index (χ3v) is 2.93. The summed E-state index contributed by atoms with van der Waals surface area (Å²) >= 11 is 0. The molecule has 1 aliphatic carbocycles. The second-order valence-corrected chi connectivity index (χ2v) is 4.84. The molecule has 1 heteroatoms. The molecule has 14 heavy (non-hydrogen) atoms. The van der Waals surface area contributed by atoms with Crippen LogP contribution >= 0.6 is 0 Å². The summed E-state index contributed by atoms with van der Waals surface area (Å²) in [4.78, 5) is 4.05. The van der Waals surface area contributed by atoms with E-state index in [0.717, 1.165) is 0 Å². The Morgan fingerprint density at radius 3 is 2.57 bits per heavy atom. The molecule has 1 aliphatic rings. The van der Waals surface area contributed by atoms with Gasteiger partial charge in [0.2, 0.25) is 0 Å². The molecule has 0 atom stereocenters. The van der Waals surface area contributed by atoms with E-state index >= 15 is 0 Å². The number of nitrogens with zero attached hydrogens (tertiary/aromatic N) is 1. The van der Waals surface area contributed by atoms with Crippen LogP contribution in [-0.2, 0) is 0 Å². The van der Waals surface area contributed by atoms with Gasteiger partial charge in [-0.2, -0.15) is 0 Å². The third-order valence-electron chi connectivity index (χ3n) is 2.93. The number of hydrogen-bond acceptors (Lipinski definition) is 1. The van der Waals surface area contributed by atoms with Gasteiger partial charge in [0.05, 0.1) is 0 Å². The Labute approximate surface area is 85.9 Å². The SMILES string of the molecule is CC1(C)CCC=C(c2ccncc2)C1. The van der Waals surface area contributed by atoms with Gasteiger partial charge in [0.25, 0.3) is 0 Å². The maximum atomic E-state index is 4.05. The molecule has 1 heterocycles. The van der Waals surface area contributed by atoms with E-state index in [2.05, 4.69) is 37.0 Å². The fourth-order valence-corrected chi connectivity index (χ4v) is 2.10. The number of aromatic nitrogens is 1. The molecule has 0 fully saturated rings. The van der Waals surface area contributed by atoms with E-state index in [9.17, 15) is 0 Å². The molecule has 0 N–H and O–H groups in total. The Morgan fingerprint density at radius 2 is 1.93 bits per heavy atom. The Hall–Kier alpha value is -1.11. The molecule has 2 rings (SSSR count). The number of rotatable bonds is 1. The van der Waals surface area contributed by atoms with Crippen LogP contribution in [0.15, 0.2) is 30.6 Å². The molecule has 0 aliphatic heterocycles. The highest BCUT2D eigenvalue weighted by Gasteiger charge is 2.22. The molecule has 0 saturated carbocycles. The summed E-state index contributed by atoms with van der Waals surface area (Å²) in [5.74, 6) is 0. The van der Waals surface area contributed by atoms with Crippen LogP contribution < -0.4 is 0 Å². The molecule has 1 aromatic rings. The lowest BCUT2D eigenvalue weighted by Gasteiger charge is -2.29. The van der Waals surface area contributed by atoms with Crippen molar-refractivity contribution in [3.05, 3.63) is 36.2 Å². The van der Waals surface area contributed by atoms with Crippen LogP contribution in [0.5, 0.6) is 0 Å². The molecular formula is C13H17N. The molecule has 74 valence electrons. The van der Waals surface area contributed by atoms with Crippen molar-refractivity contribution < 1.29 is 0 Å². The monoisotopic (exact) mass is 187 g/mol. The first-order valence-corrected chi connectivity index (χ1v) is 5.27. The second-order valence-electron chi connectivity index (χ2n) is 4.84. The van der Waals surface area contributed by atoms with Gasteiger partial charge < -0.3 is 0 Å². The van der Waals surface area contributed by atoms with Crippen molar-refractivity contribution in [1.29, 1.82) is 0 Å². The number of hydrogen-bond donors (Lipinski definition) is 0. The minimum absolute atomic E-state index is 0.466. The summed E-state index contributed by atoms with van der Waals surface area (Å²) in [5, 5.41) is 0. The zero-order valence-corrected chi connectivity index (χ0v) is 8.96. The quantitative estimate of drug-likeness (QED) is 0.653. The summed E-state index contributed by atoms with van der Waals surface area (Å²) in [5.41, 5.74) is 3.30. The zero-order valence-electron chi connectivity index (χ0n) is 8.96. The van der Waals surface area contributed by atoms with Crippen molar-refractivity contribution in [2.24, 2.45) is 5.41 Å². The van der Waals surface area contributed by atoms with Crippen LogP contribution in [0.3, 0.4) is 0 Å². The van der Waals surface area contributed by atoms with Crippen molar-refractivity contribution in [3.8, 4) is 0 Å². The van der Waals surface area contributed by atoms with Crippen LogP contribution in [0.1, 0.15) is 38.7 Å². The predicted octanol–water partition coefficient (Wildman–Crippen LogP) is 3.68. The van der Waals surface area contributed by atoms with Crippen LogP contribution in [0.4, 0.5) is 0 Å². The van der Waals surface area contributed by atoms with Crippen molar-refractivity contribution >= 4 is 5.57 Å². The maximum absolute atomic E-state index is 4.05. The van der Waals surface area contributed by atoms with E-state index in [1.807, 2.05) is 12.4 Å². The summed E-state index contributed by atoms with van der Waals surface area (Å²) in [6.07, 6.45) is 9.83. The largest absolute Gasteiger partial charge is 0.265 e. The van der Waals surface area contributed by atoms with Gasteiger partial charge in [-0.1, -0.05) is 19.9 Å². The summed E-state index contributed by atoms with van der Waals surface area (Å²) < 4.78 is 0. The van der Waals surface area contributed by atoms with Crippen molar-refractivity contribution in [1.82, 2.24) is 4.98 Å². The normalized spacial score (nSPS) is 20.3. The van der Waals surface area contributed by atoms with Gasteiger partial charge in [0.1, 0.15) is 0 Å². The van der Waals surface area contributed by atoms with Gasteiger partial charge >= 0.3 is 0 Å². The van der Waals surface area contributed by atoms with Crippen molar-refractivity contribution in [2.75, 3.05) is 0 Å². The van der Waals surface area contributed by atoms with Crippen LogP contribution in [-0.4, -0.2) is 4.98 Å². The lowest BCUT2D eigenvalue weighted by Crippen LogP contribution is -2.15. The van der Waals surface area contributed by atoms with E-state index in [1.54, 1.807) is 0 Å². The zero-order chi connectivity index (χ0) is 10.0. The Bertz CT molecular complexity index is 336. The van der Waals surface area contributed by atoms with E-state index in [1.165, 1.54) is 30.4 Å². The minimum Gasteiger partial charge on any atom is -0.265 e. The molecule has 0 radical (unpaired) electrons. The van der Waals surface area contributed by atoms with E-state index < -0.39 is 0 Å². The second kappa shape index (κ2) is 3.56. The van der Waals surface area contributed by atoms with Crippen molar-refractivity contribution in [3.63, 3.8) is 0 Å². The molecule has 0 unspecified atom stereocenters. The fourth-order valence-electron chi connectivity index (χ4n) is 2.10. The first-order chi connectivity index (χ1) is 6.67. The Kier molecular flexibility index (Phi) is 2.40.